The zero-order valence-electron chi connectivity index (χ0n) is 12.0. The second kappa shape index (κ2) is 6.38. The molecule has 0 saturated heterocycles. The molecule has 0 spiro atoms. The van der Waals surface area contributed by atoms with E-state index in [1.165, 1.54) is 50.5 Å². The number of benzene rings is 1. The van der Waals surface area contributed by atoms with E-state index in [1.54, 1.807) is 5.56 Å². The van der Waals surface area contributed by atoms with Gasteiger partial charge in [0.15, 0.2) is 0 Å². The summed E-state index contributed by atoms with van der Waals surface area (Å²) >= 11 is 0. The maximum absolute atomic E-state index is 3.40. The Labute approximate surface area is 112 Å². The first-order valence-electron chi connectivity index (χ1n) is 7.55. The molecule has 0 heterocycles. The summed E-state index contributed by atoms with van der Waals surface area (Å²) in [6.45, 7) is 3.39. The largest absolute Gasteiger partial charge is 0.319 e. The number of hydrogen-bond donors (Lipinski definition) is 1. The van der Waals surface area contributed by atoms with Gasteiger partial charge in [-0.25, -0.2) is 0 Å². The number of aryl methyl sites for hydroxylation is 1. The third kappa shape index (κ3) is 2.95. The highest BCUT2D eigenvalue weighted by atomic mass is 14.8. The molecule has 1 aliphatic rings. The van der Waals surface area contributed by atoms with Gasteiger partial charge in [0, 0.05) is 12.0 Å². The molecule has 100 valence electrons. The standard InChI is InChI=1S/C17H27N/c1-3-4-7-15-8-10-16(11-9-15)17(14-18-2)12-5-6-13-17/h8-11,18H,3-7,12-14H2,1-2H3. The molecule has 1 saturated carbocycles. The number of unbranched alkanes of at least 4 members (excludes halogenated alkanes) is 1. The van der Waals surface area contributed by atoms with Crippen molar-refractivity contribution in [1.82, 2.24) is 5.32 Å². The maximum Gasteiger partial charge on any atom is 0.00776 e. The van der Waals surface area contributed by atoms with Gasteiger partial charge in [-0.3, -0.25) is 0 Å². The SMILES string of the molecule is CCCCc1ccc(C2(CNC)CCCC2)cc1. The van der Waals surface area contributed by atoms with E-state index in [1.807, 2.05) is 0 Å². The highest BCUT2D eigenvalue weighted by Gasteiger charge is 2.34. The Kier molecular flexibility index (Phi) is 4.82. The Morgan fingerprint density at radius 1 is 1.11 bits per heavy atom. The van der Waals surface area contributed by atoms with Gasteiger partial charge in [0.1, 0.15) is 0 Å². The van der Waals surface area contributed by atoms with E-state index in [0.717, 1.165) is 6.54 Å². The molecule has 0 radical (unpaired) electrons. The summed E-state index contributed by atoms with van der Waals surface area (Å²) in [7, 11) is 2.08. The predicted octanol–water partition coefficient (Wildman–Crippen LogP) is 4.06. The average Bonchev–Trinajstić information content (AvgIpc) is 2.87. The fraction of sp³-hybridized carbons (Fsp3) is 0.647. The Bertz CT molecular complexity index is 346. The quantitative estimate of drug-likeness (QED) is 0.797. The lowest BCUT2D eigenvalue weighted by Gasteiger charge is -2.29. The van der Waals surface area contributed by atoms with Crippen molar-refractivity contribution >= 4 is 0 Å². The van der Waals surface area contributed by atoms with Crippen molar-refractivity contribution in [2.75, 3.05) is 13.6 Å². The maximum atomic E-state index is 3.40. The van der Waals surface area contributed by atoms with Gasteiger partial charge in [0.2, 0.25) is 0 Å². The fourth-order valence-electron chi connectivity index (χ4n) is 3.36. The van der Waals surface area contributed by atoms with Gasteiger partial charge in [0.05, 0.1) is 0 Å². The van der Waals surface area contributed by atoms with Crippen molar-refractivity contribution in [2.45, 2.75) is 57.3 Å². The molecule has 2 rings (SSSR count). The molecule has 1 heteroatoms. The molecular weight excluding hydrogens is 218 g/mol. The fourth-order valence-corrected chi connectivity index (χ4v) is 3.36. The summed E-state index contributed by atoms with van der Waals surface area (Å²) in [6.07, 6.45) is 9.30. The smallest absolute Gasteiger partial charge is 0.00776 e. The van der Waals surface area contributed by atoms with Crippen LogP contribution in [0.15, 0.2) is 24.3 Å². The van der Waals surface area contributed by atoms with E-state index < -0.39 is 0 Å². The first-order chi connectivity index (χ1) is 8.80. The molecule has 0 aromatic heterocycles. The van der Waals surface area contributed by atoms with Crippen LogP contribution in [0, 0.1) is 0 Å². The molecule has 1 nitrogen and oxygen atoms in total. The van der Waals surface area contributed by atoms with Crippen LogP contribution < -0.4 is 5.32 Å². The topological polar surface area (TPSA) is 12.0 Å². The third-order valence-electron chi connectivity index (χ3n) is 4.46. The summed E-state index contributed by atoms with van der Waals surface area (Å²) in [4.78, 5) is 0. The number of rotatable bonds is 6. The molecule has 1 aliphatic carbocycles. The van der Waals surface area contributed by atoms with Crippen molar-refractivity contribution < 1.29 is 0 Å². The molecule has 1 aromatic rings. The minimum Gasteiger partial charge on any atom is -0.319 e. The second-order valence-electron chi connectivity index (χ2n) is 5.82. The Balaban J connectivity index is 2.11. The summed E-state index contributed by atoms with van der Waals surface area (Å²) in [6, 6.07) is 9.46. The molecule has 1 N–H and O–H groups in total. The highest BCUT2D eigenvalue weighted by molar-refractivity contribution is 5.31. The van der Waals surface area contributed by atoms with Crippen molar-refractivity contribution in [3.8, 4) is 0 Å². The molecule has 0 unspecified atom stereocenters. The Morgan fingerprint density at radius 2 is 1.78 bits per heavy atom. The Hall–Kier alpha value is -0.820. The highest BCUT2D eigenvalue weighted by Crippen LogP contribution is 2.40. The van der Waals surface area contributed by atoms with Crippen molar-refractivity contribution in [3.63, 3.8) is 0 Å². The van der Waals surface area contributed by atoms with E-state index in [4.69, 9.17) is 0 Å². The summed E-state index contributed by atoms with van der Waals surface area (Å²) in [5.74, 6) is 0. The van der Waals surface area contributed by atoms with Gasteiger partial charge in [0.25, 0.3) is 0 Å². The van der Waals surface area contributed by atoms with Crippen molar-refractivity contribution in [3.05, 3.63) is 35.4 Å². The van der Waals surface area contributed by atoms with Crippen LogP contribution in [-0.2, 0) is 11.8 Å². The van der Waals surface area contributed by atoms with Crippen LogP contribution in [0.4, 0.5) is 0 Å². The molecule has 1 aromatic carbocycles. The summed E-state index contributed by atoms with van der Waals surface area (Å²) in [5.41, 5.74) is 3.46. The zero-order chi connectivity index (χ0) is 12.8. The van der Waals surface area contributed by atoms with Crippen LogP contribution in [-0.4, -0.2) is 13.6 Å². The lowest BCUT2D eigenvalue weighted by atomic mass is 9.78. The van der Waals surface area contributed by atoms with Crippen LogP contribution in [0.25, 0.3) is 0 Å². The van der Waals surface area contributed by atoms with E-state index in [0.29, 0.717) is 5.41 Å². The van der Waals surface area contributed by atoms with Gasteiger partial charge in [-0.15, -0.1) is 0 Å². The van der Waals surface area contributed by atoms with Gasteiger partial charge < -0.3 is 5.32 Å². The normalized spacial score (nSPS) is 18.1. The van der Waals surface area contributed by atoms with Crippen LogP contribution in [0.5, 0.6) is 0 Å². The van der Waals surface area contributed by atoms with Crippen molar-refractivity contribution in [1.29, 1.82) is 0 Å². The zero-order valence-corrected chi connectivity index (χ0v) is 12.0. The lowest BCUT2D eigenvalue weighted by Crippen LogP contribution is -2.34. The van der Waals surface area contributed by atoms with E-state index in [2.05, 4.69) is 43.6 Å². The van der Waals surface area contributed by atoms with Gasteiger partial charge in [-0.2, -0.15) is 0 Å². The van der Waals surface area contributed by atoms with Gasteiger partial charge >= 0.3 is 0 Å². The lowest BCUT2D eigenvalue weighted by molar-refractivity contribution is 0.421. The van der Waals surface area contributed by atoms with E-state index >= 15 is 0 Å². The van der Waals surface area contributed by atoms with Crippen molar-refractivity contribution in [2.24, 2.45) is 0 Å². The molecular formula is C17H27N. The van der Waals surface area contributed by atoms with Crippen LogP contribution >= 0.6 is 0 Å². The first kappa shape index (κ1) is 13.6. The van der Waals surface area contributed by atoms with Crippen LogP contribution in [0.3, 0.4) is 0 Å². The molecule has 0 aliphatic heterocycles. The van der Waals surface area contributed by atoms with Crippen LogP contribution in [0.2, 0.25) is 0 Å². The second-order valence-corrected chi connectivity index (χ2v) is 5.82. The van der Waals surface area contributed by atoms with E-state index in [-0.39, 0.29) is 0 Å². The summed E-state index contributed by atoms with van der Waals surface area (Å²) in [5, 5.41) is 3.40. The number of likely N-dealkylation sites (N-methyl/N-ethyl adjacent to an activating group) is 1. The number of nitrogens with one attached hydrogen (secondary N) is 1. The Morgan fingerprint density at radius 3 is 2.33 bits per heavy atom. The molecule has 1 fully saturated rings. The molecule has 0 amide bonds. The third-order valence-corrected chi connectivity index (χ3v) is 4.46. The number of hydrogen-bond acceptors (Lipinski definition) is 1. The molecule has 18 heavy (non-hydrogen) atoms. The molecule has 0 bridgehead atoms. The van der Waals surface area contributed by atoms with Gasteiger partial charge in [-0.1, -0.05) is 50.5 Å². The average molecular weight is 245 g/mol. The monoisotopic (exact) mass is 245 g/mol. The predicted molar refractivity (Wildman–Crippen MR) is 79.1 cm³/mol. The molecule has 0 atom stereocenters. The minimum absolute atomic E-state index is 0.415. The first-order valence-corrected chi connectivity index (χ1v) is 7.55. The minimum atomic E-state index is 0.415. The van der Waals surface area contributed by atoms with E-state index in [9.17, 15) is 0 Å². The van der Waals surface area contributed by atoms with Crippen LogP contribution in [0.1, 0.15) is 56.6 Å². The summed E-state index contributed by atoms with van der Waals surface area (Å²) < 4.78 is 0. The van der Waals surface area contributed by atoms with Gasteiger partial charge in [-0.05, 0) is 43.9 Å².